The number of carbonyl (C=O) groups excluding carboxylic acids is 8. The van der Waals surface area contributed by atoms with Crippen molar-refractivity contribution in [1.29, 1.82) is 0 Å². The minimum atomic E-state index is -2.85. The zero-order valence-corrected chi connectivity index (χ0v) is 43.7. The summed E-state index contributed by atoms with van der Waals surface area (Å²) >= 11 is 0. The number of fused-ring (bicyclic) bond motifs is 2. The lowest BCUT2D eigenvalue weighted by Gasteiger charge is -2.48. The topological polar surface area (TPSA) is 297 Å². The van der Waals surface area contributed by atoms with Crippen LogP contribution in [0.25, 0.3) is 0 Å². The number of amides is 6. The van der Waals surface area contributed by atoms with Crippen molar-refractivity contribution in [2.45, 2.75) is 194 Å². The van der Waals surface area contributed by atoms with Gasteiger partial charge >= 0.3 is 5.97 Å². The van der Waals surface area contributed by atoms with Crippen molar-refractivity contribution in [2.24, 2.45) is 23.7 Å². The van der Waals surface area contributed by atoms with Gasteiger partial charge in [-0.3, -0.25) is 48.8 Å². The van der Waals surface area contributed by atoms with Gasteiger partial charge in [0.15, 0.2) is 17.4 Å². The van der Waals surface area contributed by atoms with Gasteiger partial charge in [-0.2, -0.15) is 0 Å². The van der Waals surface area contributed by atoms with Crippen molar-refractivity contribution >= 4 is 47.2 Å². The van der Waals surface area contributed by atoms with Gasteiger partial charge in [0, 0.05) is 32.5 Å². The summed E-state index contributed by atoms with van der Waals surface area (Å²) in [5.74, 6) is -11.9. The van der Waals surface area contributed by atoms with Crippen LogP contribution in [0.5, 0.6) is 0 Å². The highest BCUT2D eigenvalue weighted by Crippen LogP contribution is 2.41. The predicted octanol–water partition coefficient (Wildman–Crippen LogP) is 0.761. The number of esters is 1. The van der Waals surface area contributed by atoms with Crippen LogP contribution in [0.3, 0.4) is 0 Å². The molecule has 0 bridgehead atoms. The molecule has 4 heterocycles. The molecule has 0 aromatic carbocycles. The standard InChI is InChI=1S/C49H80N8O14/c1-14-27(6)38(59)29(8)24-30(9)40-28(7)19-20-49(68,71-40)48(12,67)47(66)53-37-39(26(4)5)70-46(65)36(32(11)58)52-41(60)33-17-15-21-50-55(33)43(62)35(23-25(2)3)54(13)42(61)31(10)57(69)44(63)34-18-16-22-51-56(34)45(37)64/h14,24-26,28-29,31-37,39-40,50-51,58,67-69H,15-23H2,1-13H3,(H,52,60)(H,53,66)/b27-14+,30-24+/t28-,29-,31-,32-,33+,34+,35+,36+,37-,39-,40-,48+,49+/m0/s1. The zero-order chi connectivity index (χ0) is 53.6. The van der Waals surface area contributed by atoms with Gasteiger partial charge in [-0.05, 0) is 109 Å². The van der Waals surface area contributed by atoms with Crippen molar-refractivity contribution in [3.8, 4) is 0 Å². The summed E-state index contributed by atoms with van der Waals surface area (Å²) in [6, 6.07) is -9.45. The molecule has 400 valence electrons. The maximum Gasteiger partial charge on any atom is 0.331 e. The fourth-order valence-electron chi connectivity index (χ4n) is 9.58. The first-order valence-corrected chi connectivity index (χ1v) is 24.9. The van der Waals surface area contributed by atoms with Gasteiger partial charge in [-0.1, -0.05) is 53.7 Å². The number of nitrogens with one attached hydrogen (secondary N) is 4. The number of cyclic esters (lactones) is 1. The Morgan fingerprint density at radius 1 is 0.901 bits per heavy atom. The summed E-state index contributed by atoms with van der Waals surface area (Å²) in [6.45, 7) is 19.2. The maximum atomic E-state index is 15.2. The van der Waals surface area contributed by atoms with Crippen LogP contribution < -0.4 is 21.5 Å². The number of ketones is 1. The molecular weight excluding hydrogens is 925 g/mol. The molecule has 22 heteroatoms. The number of hydrazine groups is 2. The van der Waals surface area contributed by atoms with Crippen LogP contribution >= 0.6 is 0 Å². The SMILES string of the molecule is C/C=C(\C)C(=O)[C@@H](C)/C=C(\C)[C@H]1O[C@@](O)([C@](C)(O)C(=O)N[C@@H]2C(=O)N3NCCC[C@@H]3C(=O)N(O)[C@@H](C)C(=O)N(C)[C@H](CC(C)C)C(=O)N3NCCC[C@@H]3C(=O)N[C@H]([C@H](C)O)C(=O)O[C@H]2C(C)C)CC[C@@H]1C. The molecule has 4 rings (SSSR count). The number of aliphatic hydroxyl groups is 3. The van der Waals surface area contributed by atoms with E-state index < -0.39 is 119 Å². The second-order valence-corrected chi connectivity index (χ2v) is 20.8. The molecule has 0 aromatic rings. The van der Waals surface area contributed by atoms with Crippen LogP contribution in [0.2, 0.25) is 0 Å². The minimum absolute atomic E-state index is 0.0684. The van der Waals surface area contributed by atoms with E-state index in [9.17, 15) is 54.1 Å². The van der Waals surface area contributed by atoms with E-state index in [-0.39, 0.29) is 74.3 Å². The first-order chi connectivity index (χ1) is 33.0. The second kappa shape index (κ2) is 24.3. The van der Waals surface area contributed by atoms with Crippen LogP contribution in [0.1, 0.15) is 128 Å². The predicted molar refractivity (Wildman–Crippen MR) is 256 cm³/mol. The highest BCUT2D eigenvalue weighted by atomic mass is 16.6. The number of carbonyl (C=O) groups is 8. The van der Waals surface area contributed by atoms with Gasteiger partial charge in [0.1, 0.15) is 36.3 Å². The third-order valence-electron chi connectivity index (χ3n) is 14.3. The average Bonchev–Trinajstić information content (AvgIpc) is 3.33. The Hall–Kier alpha value is -4.84. The first-order valence-electron chi connectivity index (χ1n) is 24.9. The molecular formula is C49H80N8O14. The number of likely N-dealkylation sites (N-methyl/N-ethyl adjacent to an activating group) is 1. The van der Waals surface area contributed by atoms with Gasteiger partial charge in [0.25, 0.3) is 23.6 Å². The quantitative estimate of drug-likeness (QED) is 0.0614. The summed E-state index contributed by atoms with van der Waals surface area (Å²) in [5.41, 5.74) is 4.03. The largest absolute Gasteiger partial charge is 0.458 e. The van der Waals surface area contributed by atoms with Crippen LogP contribution in [0.15, 0.2) is 23.3 Å². The van der Waals surface area contributed by atoms with Gasteiger partial charge in [0.2, 0.25) is 17.6 Å². The number of hydrogen-bond acceptors (Lipinski definition) is 16. The molecule has 0 radical (unpaired) electrons. The van der Waals surface area contributed by atoms with Gasteiger partial charge in [0.05, 0.1) is 12.2 Å². The van der Waals surface area contributed by atoms with E-state index >= 15 is 4.79 Å². The molecule has 0 aliphatic carbocycles. The summed E-state index contributed by atoms with van der Waals surface area (Å²) in [5, 5.41) is 54.0. The fourth-order valence-corrected chi connectivity index (χ4v) is 9.58. The Morgan fingerprint density at radius 2 is 1.48 bits per heavy atom. The molecule has 8 N–H and O–H groups in total. The van der Waals surface area contributed by atoms with Crippen molar-refractivity contribution in [3.63, 3.8) is 0 Å². The van der Waals surface area contributed by atoms with Gasteiger partial charge in [-0.25, -0.2) is 20.7 Å². The summed E-state index contributed by atoms with van der Waals surface area (Å²) < 4.78 is 12.2. The minimum Gasteiger partial charge on any atom is -0.458 e. The van der Waals surface area contributed by atoms with Crippen molar-refractivity contribution < 1.29 is 68.4 Å². The molecule has 4 aliphatic rings. The van der Waals surface area contributed by atoms with E-state index in [4.69, 9.17) is 9.47 Å². The van der Waals surface area contributed by atoms with Crippen LogP contribution in [-0.2, 0) is 47.8 Å². The second-order valence-electron chi connectivity index (χ2n) is 20.8. The molecule has 0 aromatic heterocycles. The normalized spacial score (nSPS) is 32.5. The number of rotatable bonds is 11. The van der Waals surface area contributed by atoms with Crippen LogP contribution in [0.4, 0.5) is 0 Å². The number of ether oxygens (including phenoxy) is 2. The van der Waals surface area contributed by atoms with Crippen molar-refractivity contribution in [1.82, 2.24) is 41.5 Å². The highest BCUT2D eigenvalue weighted by molar-refractivity contribution is 5.98. The first kappa shape index (κ1) is 58.7. The lowest BCUT2D eigenvalue weighted by molar-refractivity contribution is -0.321. The van der Waals surface area contributed by atoms with E-state index in [1.165, 1.54) is 34.7 Å². The van der Waals surface area contributed by atoms with E-state index in [0.29, 0.717) is 17.6 Å². The monoisotopic (exact) mass is 1000 g/mol. The van der Waals surface area contributed by atoms with Crippen LogP contribution in [-0.4, -0.2) is 174 Å². The highest BCUT2D eigenvalue weighted by Gasteiger charge is 2.58. The Kier molecular flexibility index (Phi) is 20.1. The number of hydroxylamine groups is 2. The van der Waals surface area contributed by atoms with E-state index in [1.54, 1.807) is 39.8 Å². The number of aliphatic hydroxyl groups excluding tert-OH is 1. The lowest BCUT2D eigenvalue weighted by Crippen LogP contribution is -2.70. The molecule has 4 aliphatic heterocycles. The Morgan fingerprint density at radius 3 is 2.03 bits per heavy atom. The Balaban J connectivity index is 1.85. The summed E-state index contributed by atoms with van der Waals surface area (Å²) in [4.78, 5) is 116. The molecule has 4 fully saturated rings. The molecule has 4 saturated heterocycles. The number of allylic oxidation sites excluding steroid dienone is 3. The van der Waals surface area contributed by atoms with Gasteiger partial charge in [-0.15, -0.1) is 0 Å². The van der Waals surface area contributed by atoms with Crippen LogP contribution in [0, 0.1) is 23.7 Å². The molecule has 22 nitrogen and oxygen atoms in total. The third kappa shape index (κ3) is 13.0. The molecule has 71 heavy (non-hydrogen) atoms. The Bertz CT molecular complexity index is 2060. The van der Waals surface area contributed by atoms with Gasteiger partial charge < -0.3 is 40.3 Å². The van der Waals surface area contributed by atoms with E-state index in [2.05, 4.69) is 21.5 Å². The average molecular weight is 1010 g/mol. The number of Topliss-reactive ketones (excluding diaryl/α,β-unsaturated/α-hetero) is 1. The summed E-state index contributed by atoms with van der Waals surface area (Å²) in [6.07, 6.45) is 0.00218. The molecule has 0 saturated carbocycles. The lowest BCUT2D eigenvalue weighted by atomic mass is 9.80. The van der Waals surface area contributed by atoms with E-state index in [0.717, 1.165) is 21.8 Å². The molecule has 6 amide bonds. The smallest absolute Gasteiger partial charge is 0.331 e. The van der Waals surface area contributed by atoms with Crippen molar-refractivity contribution in [3.05, 3.63) is 23.3 Å². The molecule has 13 atom stereocenters. The third-order valence-corrected chi connectivity index (χ3v) is 14.3. The van der Waals surface area contributed by atoms with E-state index in [1.807, 2.05) is 20.8 Å². The maximum absolute atomic E-state index is 15.2. The Labute approximate surface area is 417 Å². The summed E-state index contributed by atoms with van der Waals surface area (Å²) in [7, 11) is 1.33. The fraction of sp³-hybridized carbons (Fsp3) is 0.755. The molecule has 0 unspecified atom stereocenters. The zero-order valence-electron chi connectivity index (χ0n) is 43.7. The molecule has 0 spiro atoms. The number of nitrogens with zero attached hydrogens (tertiary/aromatic N) is 4. The number of hydrogen-bond donors (Lipinski definition) is 8. The van der Waals surface area contributed by atoms with Crippen molar-refractivity contribution in [2.75, 3.05) is 20.1 Å².